The number of nitrogens with zero attached hydrogens (tertiary/aromatic N) is 1. The minimum atomic E-state index is -0.501. The molecule has 0 aliphatic carbocycles. The second kappa shape index (κ2) is 6.60. The van der Waals surface area contributed by atoms with Crippen molar-refractivity contribution in [2.24, 2.45) is 0 Å². The minimum absolute atomic E-state index is 0.241. The highest BCUT2D eigenvalue weighted by molar-refractivity contribution is 5.79. The fourth-order valence-electron chi connectivity index (χ4n) is 2.30. The summed E-state index contributed by atoms with van der Waals surface area (Å²) in [6, 6.07) is 3.81. The molecule has 1 aromatic rings. The average Bonchev–Trinajstić information content (AvgIpc) is 2.36. The van der Waals surface area contributed by atoms with Crippen molar-refractivity contribution in [3.8, 4) is 5.75 Å². The predicted octanol–water partition coefficient (Wildman–Crippen LogP) is 3.56. The van der Waals surface area contributed by atoms with Crippen molar-refractivity contribution in [1.82, 2.24) is 5.32 Å². The van der Waals surface area contributed by atoms with Gasteiger partial charge >= 0.3 is 6.09 Å². The van der Waals surface area contributed by atoms with Crippen LogP contribution in [0, 0.1) is 5.21 Å². The Kier molecular flexibility index (Phi) is 5.46. The summed E-state index contributed by atoms with van der Waals surface area (Å²) in [7, 11) is 2.98. The summed E-state index contributed by atoms with van der Waals surface area (Å²) >= 11 is 0. The highest BCUT2D eigenvalue weighted by Gasteiger charge is 2.29. The second-order valence-corrected chi connectivity index (χ2v) is 7.76. The maximum atomic E-state index is 11.8. The van der Waals surface area contributed by atoms with Crippen LogP contribution in [0.15, 0.2) is 12.1 Å². The van der Waals surface area contributed by atoms with Crippen LogP contribution in [0.2, 0.25) is 0 Å². The molecular formula is C18H28N2O3. The lowest BCUT2D eigenvalue weighted by Crippen LogP contribution is -2.27. The Morgan fingerprint density at radius 1 is 1.13 bits per heavy atom. The van der Waals surface area contributed by atoms with Crippen LogP contribution in [0.3, 0.4) is 0 Å². The number of hydrogen-bond acceptors (Lipinski definition) is 3. The van der Waals surface area contributed by atoms with E-state index in [1.165, 1.54) is 20.3 Å². The van der Waals surface area contributed by atoms with E-state index in [0.29, 0.717) is 5.75 Å². The smallest absolute Gasteiger partial charge is 0.412 e. The Morgan fingerprint density at radius 2 is 1.57 bits per heavy atom. The number of benzene rings is 1. The van der Waals surface area contributed by atoms with Crippen molar-refractivity contribution in [3.05, 3.63) is 34.0 Å². The van der Waals surface area contributed by atoms with Crippen LogP contribution in [0.1, 0.15) is 58.2 Å². The lowest BCUT2D eigenvalue weighted by atomic mass is 9.78. The molecule has 5 nitrogen and oxygen atoms in total. The van der Waals surface area contributed by atoms with E-state index in [0.717, 1.165) is 21.4 Å². The zero-order chi connectivity index (χ0) is 18.0. The van der Waals surface area contributed by atoms with Crippen LogP contribution >= 0.6 is 0 Å². The Labute approximate surface area is 138 Å². The molecule has 0 aliphatic heterocycles. The first-order valence-electron chi connectivity index (χ1n) is 7.69. The van der Waals surface area contributed by atoms with Gasteiger partial charge in [-0.2, -0.15) is 0 Å². The van der Waals surface area contributed by atoms with E-state index < -0.39 is 6.09 Å². The highest BCUT2D eigenvalue weighted by atomic mass is 16.6. The molecule has 0 fully saturated rings. The molecule has 0 aromatic heterocycles. The normalized spacial score (nSPS) is 13.0. The number of hydroxylamine groups is 1. The van der Waals surface area contributed by atoms with E-state index in [9.17, 15) is 10.0 Å². The Morgan fingerprint density at radius 3 is 1.87 bits per heavy atom. The van der Waals surface area contributed by atoms with Crippen molar-refractivity contribution in [1.29, 1.82) is 0 Å². The molecule has 0 aliphatic rings. The molecule has 0 heterocycles. The molecule has 1 rings (SSSR count). The van der Waals surface area contributed by atoms with Crippen molar-refractivity contribution in [3.63, 3.8) is 0 Å². The number of hydrogen-bond donors (Lipinski definition) is 1. The molecule has 5 heteroatoms. The lowest BCUT2D eigenvalue weighted by Gasteiger charge is -2.29. The second-order valence-electron chi connectivity index (χ2n) is 7.76. The summed E-state index contributed by atoms with van der Waals surface area (Å²) in [5.41, 5.74) is 2.09. The SMILES string of the molecule is CNC(=O)Oc1c(C(C)(C)C)cc(/C=[N+](\C)[O-])cc1C(C)(C)C. The average molecular weight is 320 g/mol. The number of nitrogens with one attached hydrogen (secondary N) is 1. The minimum Gasteiger partial charge on any atom is -0.624 e. The number of carbonyl (C=O) groups excluding carboxylic acids is 1. The van der Waals surface area contributed by atoms with Crippen LogP contribution in [0.25, 0.3) is 0 Å². The highest BCUT2D eigenvalue weighted by Crippen LogP contribution is 2.40. The summed E-state index contributed by atoms with van der Waals surface area (Å²) < 4.78 is 6.35. The van der Waals surface area contributed by atoms with Gasteiger partial charge in [-0.3, -0.25) is 0 Å². The third-order valence-corrected chi connectivity index (χ3v) is 3.46. The molecule has 0 atom stereocenters. The molecule has 128 valence electrons. The summed E-state index contributed by atoms with van der Waals surface area (Å²) in [4.78, 5) is 11.8. The van der Waals surface area contributed by atoms with E-state index in [1.54, 1.807) is 0 Å². The first-order valence-corrected chi connectivity index (χ1v) is 7.69. The standard InChI is InChI=1S/C18H28N2O3/c1-17(2,3)13-9-12(11-20(8)22)10-14(18(4,5)6)15(13)23-16(21)19-7/h9-11H,1-8H3,(H,19,21)/b20-11+. The van der Waals surface area contributed by atoms with Gasteiger partial charge in [0.25, 0.3) is 0 Å². The van der Waals surface area contributed by atoms with Crippen molar-refractivity contribution >= 4 is 12.3 Å². The lowest BCUT2D eigenvalue weighted by molar-refractivity contribution is -0.416. The number of amides is 1. The van der Waals surface area contributed by atoms with E-state index in [1.807, 2.05) is 12.1 Å². The molecular weight excluding hydrogens is 292 g/mol. The van der Waals surface area contributed by atoms with Gasteiger partial charge in [0.15, 0.2) is 6.21 Å². The van der Waals surface area contributed by atoms with Gasteiger partial charge in [-0.1, -0.05) is 41.5 Å². The van der Waals surface area contributed by atoms with Crippen LogP contribution in [-0.4, -0.2) is 31.1 Å². The van der Waals surface area contributed by atoms with Crippen LogP contribution in [0.5, 0.6) is 5.75 Å². The van der Waals surface area contributed by atoms with Gasteiger partial charge in [0.05, 0.1) is 0 Å². The van der Waals surface area contributed by atoms with Crippen molar-refractivity contribution < 1.29 is 14.3 Å². The van der Waals surface area contributed by atoms with Gasteiger partial charge < -0.3 is 15.3 Å². The molecule has 0 saturated heterocycles. The molecule has 0 spiro atoms. The molecule has 1 N–H and O–H groups in total. The third kappa shape index (κ3) is 4.98. The monoisotopic (exact) mass is 320 g/mol. The predicted molar refractivity (Wildman–Crippen MR) is 93.6 cm³/mol. The molecule has 0 saturated carbocycles. The zero-order valence-corrected chi connectivity index (χ0v) is 15.4. The topological polar surface area (TPSA) is 64.4 Å². The van der Waals surface area contributed by atoms with Gasteiger partial charge in [0.2, 0.25) is 0 Å². The number of rotatable bonds is 2. The molecule has 0 bridgehead atoms. The molecule has 0 radical (unpaired) electrons. The van der Waals surface area contributed by atoms with E-state index in [4.69, 9.17) is 4.74 Å². The zero-order valence-electron chi connectivity index (χ0n) is 15.4. The van der Waals surface area contributed by atoms with Crippen LogP contribution in [-0.2, 0) is 10.8 Å². The largest absolute Gasteiger partial charge is 0.624 e. The maximum absolute atomic E-state index is 11.8. The van der Waals surface area contributed by atoms with Gasteiger partial charge in [-0.05, 0) is 23.0 Å². The van der Waals surface area contributed by atoms with Gasteiger partial charge in [0.1, 0.15) is 12.8 Å². The van der Waals surface area contributed by atoms with E-state index in [-0.39, 0.29) is 10.8 Å². The summed E-state index contributed by atoms with van der Waals surface area (Å²) in [5, 5.41) is 13.9. The quantitative estimate of drug-likeness (QED) is 0.392. The Hall–Kier alpha value is -2.04. The number of carbonyl (C=O) groups is 1. The number of ether oxygens (including phenoxy) is 1. The molecule has 0 unspecified atom stereocenters. The van der Waals surface area contributed by atoms with Crippen LogP contribution in [0.4, 0.5) is 4.79 Å². The van der Waals surface area contributed by atoms with Crippen molar-refractivity contribution in [2.45, 2.75) is 52.4 Å². The first-order chi connectivity index (χ1) is 10.4. The Bertz CT molecular complexity index is 581. The first kappa shape index (κ1) is 19.0. The van der Waals surface area contributed by atoms with Crippen molar-refractivity contribution in [2.75, 3.05) is 14.1 Å². The van der Waals surface area contributed by atoms with E-state index in [2.05, 4.69) is 46.9 Å². The molecule has 1 amide bonds. The molecule has 23 heavy (non-hydrogen) atoms. The fourth-order valence-corrected chi connectivity index (χ4v) is 2.30. The Balaban J connectivity index is 3.74. The fraction of sp³-hybridized carbons (Fsp3) is 0.556. The van der Waals surface area contributed by atoms with Crippen LogP contribution < -0.4 is 10.1 Å². The van der Waals surface area contributed by atoms with Gasteiger partial charge in [-0.15, -0.1) is 0 Å². The summed E-state index contributed by atoms with van der Waals surface area (Å²) in [6.07, 6.45) is 1.02. The summed E-state index contributed by atoms with van der Waals surface area (Å²) in [6.45, 7) is 12.3. The van der Waals surface area contributed by atoms with Gasteiger partial charge in [-0.25, -0.2) is 9.53 Å². The summed E-state index contributed by atoms with van der Waals surface area (Å²) in [5.74, 6) is 0.565. The van der Waals surface area contributed by atoms with E-state index >= 15 is 0 Å². The molecule has 1 aromatic carbocycles. The maximum Gasteiger partial charge on any atom is 0.412 e. The third-order valence-electron chi connectivity index (χ3n) is 3.46. The van der Waals surface area contributed by atoms with Gasteiger partial charge in [0, 0.05) is 23.7 Å².